The molecular weight excluding hydrogens is 342 g/mol. The van der Waals surface area contributed by atoms with Gasteiger partial charge in [-0.3, -0.25) is 9.59 Å². The van der Waals surface area contributed by atoms with E-state index in [1.165, 1.54) is 44.1 Å². The second-order valence-corrected chi connectivity index (χ2v) is 6.72. The molecule has 0 aliphatic heterocycles. The first-order valence-electron chi connectivity index (χ1n) is 9.70. The SMILES string of the molecule is CCCCCCCCc1ccc(OCC(=O)Cn2ccc(OC=O)c2)cc1. The van der Waals surface area contributed by atoms with Gasteiger partial charge in [-0.1, -0.05) is 51.2 Å². The summed E-state index contributed by atoms with van der Waals surface area (Å²) in [4.78, 5) is 22.3. The molecule has 1 aromatic carbocycles. The van der Waals surface area contributed by atoms with Crippen LogP contribution in [0, 0.1) is 0 Å². The number of carbonyl (C=O) groups excluding carboxylic acids is 2. The largest absolute Gasteiger partial charge is 0.486 e. The number of ketones is 1. The van der Waals surface area contributed by atoms with Crippen LogP contribution in [-0.2, 0) is 22.6 Å². The first-order chi connectivity index (χ1) is 13.2. The second-order valence-electron chi connectivity index (χ2n) is 6.72. The minimum absolute atomic E-state index is 0.0127. The van der Waals surface area contributed by atoms with Crippen LogP contribution in [-0.4, -0.2) is 23.4 Å². The molecule has 2 rings (SSSR count). The number of aromatic nitrogens is 1. The fourth-order valence-electron chi connectivity index (χ4n) is 2.92. The maximum atomic E-state index is 12.0. The van der Waals surface area contributed by atoms with E-state index in [-0.39, 0.29) is 18.9 Å². The second kappa shape index (κ2) is 11.9. The smallest absolute Gasteiger partial charge is 0.298 e. The topological polar surface area (TPSA) is 57.5 Å². The maximum Gasteiger partial charge on any atom is 0.298 e. The molecule has 0 atom stereocenters. The van der Waals surface area contributed by atoms with Crippen molar-refractivity contribution >= 4 is 12.3 Å². The Hall–Kier alpha value is -2.56. The van der Waals surface area contributed by atoms with Crippen molar-refractivity contribution in [2.24, 2.45) is 0 Å². The number of Topliss-reactive ketones (excluding diaryl/α,β-unsaturated/α-hetero) is 1. The van der Waals surface area contributed by atoms with Crippen LogP contribution in [0.1, 0.15) is 51.0 Å². The molecule has 0 saturated carbocycles. The third kappa shape index (κ3) is 8.11. The van der Waals surface area contributed by atoms with Gasteiger partial charge in [0.15, 0.2) is 5.78 Å². The summed E-state index contributed by atoms with van der Waals surface area (Å²) in [5.41, 5.74) is 1.30. The van der Waals surface area contributed by atoms with Crippen LogP contribution in [0.2, 0.25) is 0 Å². The number of nitrogens with zero attached hydrogens (tertiary/aromatic N) is 1. The van der Waals surface area contributed by atoms with Gasteiger partial charge in [0.05, 0.1) is 6.54 Å². The van der Waals surface area contributed by atoms with Crippen molar-refractivity contribution < 1.29 is 19.1 Å². The van der Waals surface area contributed by atoms with Crippen LogP contribution >= 0.6 is 0 Å². The third-order valence-electron chi connectivity index (χ3n) is 4.41. The Bertz CT molecular complexity index is 691. The summed E-state index contributed by atoms with van der Waals surface area (Å²) in [6, 6.07) is 9.61. The van der Waals surface area contributed by atoms with Gasteiger partial charge in [-0.2, -0.15) is 0 Å². The van der Waals surface area contributed by atoms with Crippen LogP contribution in [0.15, 0.2) is 42.7 Å². The van der Waals surface area contributed by atoms with Crippen LogP contribution in [0.4, 0.5) is 0 Å². The lowest BCUT2D eigenvalue weighted by atomic mass is 10.0. The van der Waals surface area contributed by atoms with E-state index in [0.29, 0.717) is 18.0 Å². The number of hydrogen-bond acceptors (Lipinski definition) is 4. The third-order valence-corrected chi connectivity index (χ3v) is 4.41. The molecule has 0 fully saturated rings. The van der Waals surface area contributed by atoms with E-state index in [9.17, 15) is 9.59 Å². The predicted octanol–water partition coefficient (Wildman–Crippen LogP) is 4.57. The van der Waals surface area contributed by atoms with Gasteiger partial charge in [-0.05, 0) is 36.6 Å². The molecule has 0 unspecified atom stereocenters. The van der Waals surface area contributed by atoms with Crippen molar-refractivity contribution in [1.82, 2.24) is 4.57 Å². The van der Waals surface area contributed by atoms with E-state index in [1.54, 1.807) is 23.0 Å². The molecular formula is C22H29NO4. The summed E-state index contributed by atoms with van der Waals surface area (Å²) >= 11 is 0. The quantitative estimate of drug-likeness (QED) is 0.360. The van der Waals surface area contributed by atoms with Gasteiger partial charge in [-0.15, -0.1) is 0 Å². The molecule has 0 N–H and O–H groups in total. The van der Waals surface area contributed by atoms with Gasteiger partial charge in [0.25, 0.3) is 6.47 Å². The van der Waals surface area contributed by atoms with E-state index in [2.05, 4.69) is 19.1 Å². The van der Waals surface area contributed by atoms with Gasteiger partial charge in [0.1, 0.15) is 18.1 Å². The fraction of sp³-hybridized carbons (Fsp3) is 0.455. The number of carbonyl (C=O) groups is 2. The van der Waals surface area contributed by atoms with Crippen molar-refractivity contribution in [2.45, 2.75) is 58.4 Å². The predicted molar refractivity (Wildman–Crippen MR) is 105 cm³/mol. The maximum absolute atomic E-state index is 12.0. The Morgan fingerprint density at radius 2 is 1.74 bits per heavy atom. The highest BCUT2D eigenvalue weighted by Gasteiger charge is 2.06. The minimum Gasteiger partial charge on any atom is -0.486 e. The van der Waals surface area contributed by atoms with Crippen molar-refractivity contribution in [3.63, 3.8) is 0 Å². The highest BCUT2D eigenvalue weighted by Crippen LogP contribution is 2.15. The average Bonchev–Trinajstić information content (AvgIpc) is 3.11. The normalized spacial score (nSPS) is 10.6. The van der Waals surface area contributed by atoms with Crippen LogP contribution in [0.5, 0.6) is 11.5 Å². The number of aryl methyl sites for hydroxylation is 1. The first-order valence-corrected chi connectivity index (χ1v) is 9.70. The van der Waals surface area contributed by atoms with Crippen LogP contribution in [0.25, 0.3) is 0 Å². The summed E-state index contributed by atoms with van der Waals surface area (Å²) < 4.78 is 11.9. The first kappa shape index (κ1) is 20.7. The van der Waals surface area contributed by atoms with E-state index in [0.717, 1.165) is 6.42 Å². The fourth-order valence-corrected chi connectivity index (χ4v) is 2.92. The summed E-state index contributed by atoms with van der Waals surface area (Å²) in [5, 5.41) is 0. The lowest BCUT2D eigenvalue weighted by molar-refractivity contribution is -0.121. The van der Waals surface area contributed by atoms with Gasteiger partial charge < -0.3 is 14.0 Å². The number of hydrogen-bond donors (Lipinski definition) is 0. The number of rotatable bonds is 14. The number of unbranched alkanes of at least 4 members (excludes halogenated alkanes) is 5. The lowest BCUT2D eigenvalue weighted by Crippen LogP contribution is -2.17. The molecule has 1 aromatic heterocycles. The van der Waals surface area contributed by atoms with E-state index < -0.39 is 0 Å². The number of ether oxygens (including phenoxy) is 2. The van der Waals surface area contributed by atoms with Gasteiger partial charge in [0.2, 0.25) is 0 Å². The summed E-state index contributed by atoms with van der Waals surface area (Å²) in [7, 11) is 0. The Balaban J connectivity index is 1.66. The molecule has 0 amide bonds. The molecule has 0 aliphatic rings. The molecule has 2 aromatic rings. The Kier molecular flexibility index (Phi) is 9.18. The average molecular weight is 371 g/mol. The van der Waals surface area contributed by atoms with Crippen molar-refractivity contribution in [3.8, 4) is 11.5 Å². The summed E-state index contributed by atoms with van der Waals surface area (Å²) in [6.07, 6.45) is 12.2. The zero-order valence-electron chi connectivity index (χ0n) is 16.1. The monoisotopic (exact) mass is 371 g/mol. The Labute approximate surface area is 161 Å². The van der Waals surface area contributed by atoms with Gasteiger partial charge >= 0.3 is 0 Å². The molecule has 0 radical (unpaired) electrons. The highest BCUT2D eigenvalue weighted by atomic mass is 16.5. The van der Waals surface area contributed by atoms with Crippen molar-refractivity contribution in [1.29, 1.82) is 0 Å². The molecule has 5 heteroatoms. The standard InChI is InChI=1S/C22H29NO4/c1-2-3-4-5-6-7-8-19-9-11-21(12-10-19)26-17-20(25)15-23-14-13-22(16-23)27-18-24/h9-14,16,18H,2-8,15,17H2,1H3. The zero-order valence-corrected chi connectivity index (χ0v) is 16.1. The molecule has 146 valence electrons. The number of benzene rings is 1. The molecule has 1 heterocycles. The van der Waals surface area contributed by atoms with E-state index in [4.69, 9.17) is 9.47 Å². The van der Waals surface area contributed by atoms with Crippen molar-refractivity contribution in [2.75, 3.05) is 6.61 Å². The van der Waals surface area contributed by atoms with Crippen molar-refractivity contribution in [3.05, 3.63) is 48.3 Å². The molecule has 27 heavy (non-hydrogen) atoms. The van der Waals surface area contributed by atoms with Crippen LogP contribution in [0.3, 0.4) is 0 Å². The molecule has 0 spiro atoms. The van der Waals surface area contributed by atoms with E-state index in [1.807, 2.05) is 12.1 Å². The van der Waals surface area contributed by atoms with Gasteiger partial charge in [0, 0.05) is 12.4 Å². The summed E-state index contributed by atoms with van der Waals surface area (Å²) in [6.45, 7) is 2.79. The Morgan fingerprint density at radius 1 is 1.00 bits per heavy atom. The highest BCUT2D eigenvalue weighted by molar-refractivity contribution is 5.79. The van der Waals surface area contributed by atoms with Crippen LogP contribution < -0.4 is 9.47 Å². The summed E-state index contributed by atoms with van der Waals surface area (Å²) in [5.74, 6) is 1.06. The Morgan fingerprint density at radius 3 is 2.48 bits per heavy atom. The molecule has 0 bridgehead atoms. The zero-order chi connectivity index (χ0) is 19.3. The molecule has 0 saturated heterocycles. The lowest BCUT2D eigenvalue weighted by Gasteiger charge is -2.07. The van der Waals surface area contributed by atoms with E-state index >= 15 is 0 Å². The minimum atomic E-state index is -0.0561. The molecule has 0 aliphatic carbocycles. The molecule has 5 nitrogen and oxygen atoms in total. The van der Waals surface area contributed by atoms with Gasteiger partial charge in [-0.25, -0.2) is 0 Å².